The van der Waals surface area contributed by atoms with Crippen LogP contribution in [0.5, 0.6) is 0 Å². The summed E-state index contributed by atoms with van der Waals surface area (Å²) in [7, 11) is -4.44. The molecule has 9 heavy (non-hydrogen) atoms. The summed E-state index contributed by atoms with van der Waals surface area (Å²) < 4.78 is 7.60. The topological polar surface area (TPSA) is 87.6 Å². The maximum atomic E-state index is 9.94. The first-order valence-corrected chi connectivity index (χ1v) is 3.69. The zero-order chi connectivity index (χ0) is 6.57. The Morgan fingerprint density at radius 2 is 1.67 bits per heavy atom. The van der Waals surface area contributed by atoms with Crippen LogP contribution in [0.15, 0.2) is 0 Å². The average Bonchev–Trinajstić information content (AvgIpc) is 1.65. The van der Waals surface area contributed by atoms with Gasteiger partial charge in [0.2, 0.25) is 0 Å². The third kappa shape index (κ3) is 9.92. The van der Waals surface area contributed by atoms with Crippen LogP contribution in [-0.2, 0) is 8.83 Å². The third-order valence-corrected chi connectivity index (χ3v) is 1.65. The molecule has 8 heteroatoms. The van der Waals surface area contributed by atoms with Crippen LogP contribution >= 0.6 is 17.2 Å². The molecule has 0 radical (unpaired) electrons. The van der Waals surface area contributed by atoms with Crippen molar-refractivity contribution in [2.24, 2.45) is 0 Å². The maximum absolute atomic E-state index is 9.94. The molecule has 0 saturated carbocycles. The molecule has 0 spiro atoms. The normalized spacial score (nSPS) is 13.0. The van der Waals surface area contributed by atoms with Gasteiger partial charge in [0.05, 0.1) is 8.60 Å². The first kappa shape index (κ1) is 13.5. The molecule has 50 valence electrons. The van der Waals surface area contributed by atoms with Gasteiger partial charge < -0.3 is 23.5 Å². The van der Waals surface area contributed by atoms with E-state index in [1.165, 1.54) is 0 Å². The predicted molar refractivity (Wildman–Crippen MR) is 27.7 cm³/mol. The fraction of sp³-hybridized carbons (Fsp3) is 1.00. The second-order valence-corrected chi connectivity index (χ2v) is 2.62. The minimum Gasteiger partial charge on any atom is -0.820 e. The van der Waals surface area contributed by atoms with E-state index in [0.717, 1.165) is 7.11 Å². The van der Waals surface area contributed by atoms with Gasteiger partial charge >= 0.3 is 37.7 Å². The first-order valence-electron chi connectivity index (χ1n) is 1.50. The van der Waals surface area contributed by atoms with Crippen LogP contribution in [0.2, 0.25) is 0 Å². The molecule has 0 aliphatic rings. The van der Waals surface area contributed by atoms with Gasteiger partial charge in [-0.15, -0.1) is 0 Å². The van der Waals surface area contributed by atoms with Gasteiger partial charge in [0, 0.05) is 7.11 Å². The van der Waals surface area contributed by atoms with E-state index in [9.17, 15) is 14.7 Å². The van der Waals surface area contributed by atoms with Crippen molar-refractivity contribution in [3.05, 3.63) is 0 Å². The Bertz CT molecular complexity index is 60.9. The van der Waals surface area contributed by atoms with E-state index < -0.39 is 17.2 Å². The summed E-state index contributed by atoms with van der Waals surface area (Å²) in [6.07, 6.45) is 0. The van der Waals surface area contributed by atoms with Crippen LogP contribution in [0.1, 0.15) is 0 Å². The molecule has 0 N–H and O–H groups in total. The van der Waals surface area contributed by atoms with Crippen LogP contribution in [-0.4, -0.2) is 44.8 Å². The van der Waals surface area contributed by atoms with Crippen LogP contribution < -0.4 is 14.7 Å². The van der Waals surface area contributed by atoms with E-state index in [0.29, 0.717) is 0 Å². The quantitative estimate of drug-likeness (QED) is 0.378. The van der Waals surface area contributed by atoms with Gasteiger partial charge in [-0.3, -0.25) is 0 Å². The summed E-state index contributed by atoms with van der Waals surface area (Å²) in [5.41, 5.74) is 0. The fourth-order valence-electron chi connectivity index (χ4n) is 0.0878. The Hall–Kier alpha value is 1.92. The van der Waals surface area contributed by atoms with Gasteiger partial charge in [0.25, 0.3) is 0 Å². The van der Waals surface area contributed by atoms with Crippen LogP contribution in [0.4, 0.5) is 0 Å². The smallest absolute Gasteiger partial charge is 0.820 e. The summed E-state index contributed by atoms with van der Waals surface area (Å²) in [5, 5.41) is 0. The second kappa shape index (κ2) is 8.02. The summed E-state index contributed by atoms with van der Waals surface area (Å²) >= 11 is 0. The molecule has 0 aromatic rings. The molecule has 0 aromatic carbocycles. The van der Waals surface area contributed by atoms with Crippen LogP contribution in [0.3, 0.4) is 0 Å². The molecule has 0 rings (SSSR count). The maximum Gasteiger partial charge on any atom is 2.00 e. The van der Waals surface area contributed by atoms with Gasteiger partial charge in [-0.05, 0) is 0 Å². The van der Waals surface area contributed by atoms with E-state index in [1.807, 2.05) is 0 Å². The molecule has 0 fully saturated rings. The van der Waals surface area contributed by atoms with Crippen LogP contribution in [0.25, 0.3) is 0 Å². The molecule has 1 unspecified atom stereocenters. The largest absolute Gasteiger partial charge is 2.00 e. The van der Waals surface area contributed by atoms with Gasteiger partial charge in [0.1, 0.15) is 0 Å². The van der Waals surface area contributed by atoms with Crippen molar-refractivity contribution in [2.45, 2.75) is 0 Å². The third-order valence-electron chi connectivity index (χ3n) is 0.282. The molecule has 0 heterocycles. The zero-order valence-corrected chi connectivity index (χ0v) is 8.64. The Labute approximate surface area is 85.0 Å². The standard InChI is InChI=1S/CH3O5P2.Ca/c1-5-8(4)6-7(2)3;/h1H3;/q-3;+2. The Morgan fingerprint density at radius 3 is 1.78 bits per heavy atom. The molecular weight excluding hydrogens is 194 g/mol. The van der Waals surface area contributed by atoms with E-state index in [2.05, 4.69) is 8.83 Å². The zero-order valence-electron chi connectivity index (χ0n) is 4.64. The summed E-state index contributed by atoms with van der Waals surface area (Å²) in [6.45, 7) is 0. The molecule has 0 aliphatic carbocycles. The van der Waals surface area contributed by atoms with Gasteiger partial charge in [-0.25, -0.2) is 0 Å². The Morgan fingerprint density at radius 1 is 1.22 bits per heavy atom. The van der Waals surface area contributed by atoms with E-state index in [4.69, 9.17) is 0 Å². The van der Waals surface area contributed by atoms with Crippen molar-refractivity contribution in [1.82, 2.24) is 0 Å². The van der Waals surface area contributed by atoms with E-state index >= 15 is 0 Å². The second-order valence-electron chi connectivity index (χ2n) is 0.711. The molecular formula is CH3CaO5P2-. The predicted octanol–water partition coefficient (Wildman–Crippen LogP) is -2.20. The van der Waals surface area contributed by atoms with Gasteiger partial charge in [-0.1, -0.05) is 0 Å². The summed E-state index contributed by atoms with van der Waals surface area (Å²) in [4.78, 5) is 29.0. The van der Waals surface area contributed by atoms with Crippen molar-refractivity contribution in [3.63, 3.8) is 0 Å². The van der Waals surface area contributed by atoms with Crippen molar-refractivity contribution in [2.75, 3.05) is 7.11 Å². The number of rotatable bonds is 3. The van der Waals surface area contributed by atoms with Gasteiger partial charge in [0.15, 0.2) is 0 Å². The molecule has 5 nitrogen and oxygen atoms in total. The van der Waals surface area contributed by atoms with Crippen LogP contribution in [0, 0.1) is 0 Å². The number of hydrogen-bond donors (Lipinski definition) is 0. The van der Waals surface area contributed by atoms with Crippen molar-refractivity contribution in [1.29, 1.82) is 0 Å². The average molecular weight is 197 g/mol. The van der Waals surface area contributed by atoms with Crippen molar-refractivity contribution < 1.29 is 23.5 Å². The van der Waals surface area contributed by atoms with E-state index in [1.54, 1.807) is 0 Å². The summed E-state index contributed by atoms with van der Waals surface area (Å²) in [6, 6.07) is 0. The fourth-order valence-corrected chi connectivity index (χ4v) is 0.790. The SMILES string of the molecule is COP([O-])OP([O-])[O-].[Ca+2]. The summed E-state index contributed by atoms with van der Waals surface area (Å²) in [5.74, 6) is 0. The monoisotopic (exact) mass is 197 g/mol. The molecule has 0 amide bonds. The van der Waals surface area contributed by atoms with E-state index in [-0.39, 0.29) is 37.7 Å². The molecule has 0 bridgehead atoms. The molecule has 0 aromatic heterocycles. The molecule has 0 saturated heterocycles. The van der Waals surface area contributed by atoms with Gasteiger partial charge in [-0.2, -0.15) is 8.60 Å². The molecule has 1 atom stereocenters. The number of hydrogen-bond acceptors (Lipinski definition) is 5. The first-order chi connectivity index (χ1) is 3.66. The minimum absolute atomic E-state index is 0. The Balaban J connectivity index is 0. The molecule has 0 aliphatic heterocycles. The van der Waals surface area contributed by atoms with Crippen molar-refractivity contribution >= 4 is 54.9 Å². The Kier molecular flexibility index (Phi) is 12.0. The minimum atomic E-state index is -3.05. The van der Waals surface area contributed by atoms with Crippen molar-refractivity contribution in [3.8, 4) is 0 Å².